The molecule has 0 amide bonds. The molecule has 1 aliphatic rings. The van der Waals surface area contributed by atoms with Crippen molar-refractivity contribution in [3.8, 4) is 0 Å². The quantitative estimate of drug-likeness (QED) is 0.201. The van der Waals surface area contributed by atoms with Gasteiger partial charge in [0.15, 0.2) is 5.89 Å². The Hall–Kier alpha value is -2.22. The van der Waals surface area contributed by atoms with Crippen LogP contribution >= 0.6 is 11.8 Å². The molecule has 1 saturated heterocycles. The molecular weight excluding hydrogens is 454 g/mol. The summed E-state index contributed by atoms with van der Waals surface area (Å²) >= 11 is 1.40. The van der Waals surface area contributed by atoms with Crippen molar-refractivity contribution in [3.63, 3.8) is 0 Å². The van der Waals surface area contributed by atoms with Crippen molar-refractivity contribution in [1.29, 1.82) is 5.41 Å². The summed E-state index contributed by atoms with van der Waals surface area (Å²) in [6, 6.07) is 6.42. The fourth-order valence-corrected chi connectivity index (χ4v) is 5.09. The van der Waals surface area contributed by atoms with Gasteiger partial charge in [-0.1, -0.05) is 37.9 Å². The van der Waals surface area contributed by atoms with Gasteiger partial charge in [-0.2, -0.15) is 0 Å². The minimum Gasteiger partial charge on any atom is -0.448 e. The maximum Gasteiger partial charge on any atom is 0.197 e. The maximum atomic E-state index is 7.73. The van der Waals surface area contributed by atoms with Crippen LogP contribution in [0.4, 0.5) is 0 Å². The first-order valence-electron chi connectivity index (χ1n) is 12.2. The Morgan fingerprint density at radius 2 is 2.14 bits per heavy atom. The van der Waals surface area contributed by atoms with Crippen LogP contribution in [0.15, 0.2) is 40.5 Å². The number of aliphatic imine (C=N–C) groups is 1. The SMILES string of the molecule is C.C=NCC(CNCCCc1coc(C2CCN(C)CC2)n1)c1cc(C(=C)SC(C)=N)ccc1C.[HH]. The van der Waals surface area contributed by atoms with E-state index in [0.29, 0.717) is 17.5 Å². The highest BCUT2D eigenvalue weighted by Gasteiger charge is 2.22. The van der Waals surface area contributed by atoms with Crippen LogP contribution in [0.1, 0.15) is 75.2 Å². The molecule has 1 aliphatic heterocycles. The van der Waals surface area contributed by atoms with E-state index in [-0.39, 0.29) is 14.8 Å². The zero-order valence-electron chi connectivity index (χ0n) is 20.9. The Morgan fingerprint density at radius 1 is 1.40 bits per heavy atom. The average Bonchev–Trinajstić information content (AvgIpc) is 3.27. The summed E-state index contributed by atoms with van der Waals surface area (Å²) in [7, 11) is 2.17. The molecule has 1 atom stereocenters. The number of hydrogen-bond acceptors (Lipinski definition) is 7. The number of oxazole rings is 1. The summed E-state index contributed by atoms with van der Waals surface area (Å²) in [5.74, 6) is 1.63. The number of piperidine rings is 1. The minimum atomic E-state index is 0. The number of nitrogens with one attached hydrogen (secondary N) is 2. The molecule has 2 aromatic rings. The van der Waals surface area contributed by atoms with E-state index in [1.54, 1.807) is 6.92 Å². The minimum absolute atomic E-state index is 0. The number of aromatic nitrogens is 1. The molecule has 194 valence electrons. The molecule has 35 heavy (non-hydrogen) atoms. The van der Waals surface area contributed by atoms with Gasteiger partial charge >= 0.3 is 0 Å². The number of likely N-dealkylation sites (tertiary alicyclic amines) is 1. The highest BCUT2D eigenvalue weighted by Crippen LogP contribution is 2.30. The largest absolute Gasteiger partial charge is 0.448 e. The van der Waals surface area contributed by atoms with E-state index in [4.69, 9.17) is 14.8 Å². The lowest BCUT2D eigenvalue weighted by Gasteiger charge is -2.26. The Labute approximate surface area is 217 Å². The van der Waals surface area contributed by atoms with Crippen molar-refractivity contribution in [2.75, 3.05) is 39.8 Å². The van der Waals surface area contributed by atoms with Crippen LogP contribution in [0.25, 0.3) is 4.91 Å². The Kier molecular flexibility index (Phi) is 11.9. The van der Waals surface area contributed by atoms with E-state index in [2.05, 4.69) is 60.7 Å². The van der Waals surface area contributed by atoms with Crippen LogP contribution in [-0.2, 0) is 6.42 Å². The molecule has 0 radical (unpaired) electrons. The molecule has 1 unspecified atom stereocenters. The zero-order valence-corrected chi connectivity index (χ0v) is 21.7. The molecule has 0 saturated carbocycles. The second kappa shape index (κ2) is 14.4. The molecule has 7 heteroatoms. The van der Waals surface area contributed by atoms with Gasteiger partial charge in [-0.25, -0.2) is 4.98 Å². The first-order valence-corrected chi connectivity index (χ1v) is 13.0. The van der Waals surface area contributed by atoms with E-state index in [0.717, 1.165) is 73.9 Å². The molecule has 0 bridgehead atoms. The third kappa shape index (κ3) is 8.74. The van der Waals surface area contributed by atoms with E-state index < -0.39 is 0 Å². The molecule has 1 fully saturated rings. The summed E-state index contributed by atoms with van der Waals surface area (Å²) in [5.41, 5.74) is 4.63. The van der Waals surface area contributed by atoms with Crippen molar-refractivity contribution in [2.45, 2.75) is 58.8 Å². The monoisotopic (exact) mass is 499 g/mol. The van der Waals surface area contributed by atoms with Gasteiger partial charge in [0.05, 0.1) is 10.7 Å². The Morgan fingerprint density at radius 3 is 2.83 bits per heavy atom. The molecule has 0 aliphatic carbocycles. The van der Waals surface area contributed by atoms with Gasteiger partial charge in [0.1, 0.15) is 6.26 Å². The molecule has 3 rings (SSSR count). The van der Waals surface area contributed by atoms with Crippen molar-refractivity contribution >= 4 is 28.4 Å². The molecule has 1 aromatic carbocycles. The zero-order chi connectivity index (χ0) is 24.5. The van der Waals surface area contributed by atoms with Gasteiger partial charge in [0, 0.05) is 31.3 Å². The second-order valence-corrected chi connectivity index (χ2v) is 10.6. The van der Waals surface area contributed by atoms with Gasteiger partial charge < -0.3 is 19.6 Å². The van der Waals surface area contributed by atoms with Crippen LogP contribution in [0, 0.1) is 12.3 Å². The molecule has 1 aromatic heterocycles. The first-order chi connectivity index (χ1) is 16.4. The second-order valence-electron chi connectivity index (χ2n) is 9.32. The predicted molar refractivity (Wildman–Crippen MR) is 154 cm³/mol. The van der Waals surface area contributed by atoms with Gasteiger partial charge in [-0.15, -0.1) is 0 Å². The van der Waals surface area contributed by atoms with E-state index in [1.807, 2.05) is 6.26 Å². The van der Waals surface area contributed by atoms with Crippen LogP contribution in [0.5, 0.6) is 0 Å². The van der Waals surface area contributed by atoms with E-state index in [1.165, 1.54) is 22.9 Å². The lowest BCUT2D eigenvalue weighted by Crippen LogP contribution is -2.29. The number of rotatable bonds is 12. The number of aryl methyl sites for hydroxylation is 2. The standard InChI is InChI=1S/C27H39N5OS.CH4.H2/c1-19-8-9-23(20(2)34-21(3)28)15-26(19)24(16-29-4)17-30-12-6-7-25-18-33-27(31-25)22-10-13-32(5)14-11-22;;/h8-9,15,18,22,24,28,30H,2,4,6-7,10-14,16-17H2,1,3,5H3;1H4;1H. The van der Waals surface area contributed by atoms with Crippen molar-refractivity contribution in [2.24, 2.45) is 4.99 Å². The maximum absolute atomic E-state index is 7.73. The number of hydrogen-bond donors (Lipinski definition) is 2. The normalized spacial score (nSPS) is 15.4. The predicted octanol–water partition coefficient (Wildman–Crippen LogP) is 6.38. The fraction of sp³-hybridized carbons (Fsp3) is 0.536. The Balaban J connectivity index is 0.00000324. The average molecular weight is 500 g/mol. The molecule has 2 heterocycles. The number of thioether (sulfide) groups is 1. The van der Waals surface area contributed by atoms with Crippen LogP contribution < -0.4 is 5.32 Å². The van der Waals surface area contributed by atoms with Crippen molar-refractivity contribution in [1.82, 2.24) is 15.2 Å². The summed E-state index contributed by atoms with van der Waals surface area (Å²) < 4.78 is 5.80. The molecule has 6 nitrogen and oxygen atoms in total. The molecule has 2 N–H and O–H groups in total. The lowest BCUT2D eigenvalue weighted by atomic mass is 9.92. The van der Waals surface area contributed by atoms with Crippen molar-refractivity contribution < 1.29 is 5.84 Å². The van der Waals surface area contributed by atoms with Crippen LogP contribution in [-0.4, -0.2) is 61.4 Å². The topological polar surface area (TPSA) is 77.5 Å². The summed E-state index contributed by atoms with van der Waals surface area (Å²) in [6.07, 6.45) is 6.03. The van der Waals surface area contributed by atoms with Gasteiger partial charge in [0.2, 0.25) is 0 Å². The van der Waals surface area contributed by atoms with Crippen LogP contribution in [0.3, 0.4) is 0 Å². The molecular formula is C28H45N5OS. The third-order valence-electron chi connectivity index (χ3n) is 6.48. The summed E-state index contributed by atoms with van der Waals surface area (Å²) in [5, 5.41) is 11.9. The number of nitrogens with zero attached hydrogens (tertiary/aromatic N) is 3. The van der Waals surface area contributed by atoms with Crippen molar-refractivity contribution in [3.05, 3.63) is 59.3 Å². The first kappa shape index (κ1) is 29.0. The van der Waals surface area contributed by atoms with Gasteiger partial charge in [-0.3, -0.25) is 5.41 Å². The molecule has 0 spiro atoms. The Bertz CT molecular complexity index is 984. The highest BCUT2D eigenvalue weighted by molar-refractivity contribution is 8.21. The van der Waals surface area contributed by atoms with Crippen LogP contribution in [0.2, 0.25) is 0 Å². The lowest BCUT2D eigenvalue weighted by molar-refractivity contribution is 0.237. The summed E-state index contributed by atoms with van der Waals surface area (Å²) in [6.45, 7) is 16.5. The van der Waals surface area contributed by atoms with E-state index >= 15 is 0 Å². The third-order valence-corrected chi connectivity index (χ3v) is 7.27. The fourth-order valence-electron chi connectivity index (χ4n) is 4.48. The number of benzene rings is 1. The smallest absolute Gasteiger partial charge is 0.197 e. The van der Waals surface area contributed by atoms with Gasteiger partial charge in [0.25, 0.3) is 0 Å². The van der Waals surface area contributed by atoms with Gasteiger partial charge in [-0.05, 0) is 95.7 Å². The van der Waals surface area contributed by atoms with E-state index in [9.17, 15) is 0 Å². The highest BCUT2D eigenvalue weighted by atomic mass is 32.2. The summed E-state index contributed by atoms with van der Waals surface area (Å²) in [4.78, 5) is 12.2.